The molecule has 6 aromatic rings. The van der Waals surface area contributed by atoms with Crippen molar-refractivity contribution >= 4 is 40.3 Å². The normalized spacial score (nSPS) is 19.8. The number of para-hydroxylation sites is 1. The van der Waals surface area contributed by atoms with E-state index in [1.54, 1.807) is 36.1 Å². The number of carbonyl (C=O) groups is 2. The number of aryl methyl sites for hydroxylation is 1. The largest absolute Gasteiger partial charge is 0.507 e. The van der Waals surface area contributed by atoms with Gasteiger partial charge < -0.3 is 54.7 Å². The maximum atomic E-state index is 14.2. The standard InChI is InChI=1S/C53H65N13O8S/c1-33(2)48(52(70)65-28-38(67)24-43(65)51(69)58-34(3)36-9-10-40(56-27-36)49-35(4)57-32-75-49)45-26-47(61-74-45)73-22-20-63-15-13-62(14-16-63)19-21-72-46-23-37(11-12-55-46)66-18-17-64(29-53(66)30-71-31-53)42-25-41(59-60-50(42)54)39-7-5-6-8-44(39)68/h5-12,23,25-27,32-34,38,43,48,67-68H,13-22,24,28-31H2,1-4H3,(H2,54,60)(H,58,69)/t34-,38+,43-,48-/m0/s1. The number of nitrogen functional groups attached to an aromatic ring is 1. The lowest BCUT2D eigenvalue weighted by atomic mass is 9.90. The van der Waals surface area contributed by atoms with E-state index in [0.717, 1.165) is 72.5 Å². The molecule has 22 heteroatoms. The molecule has 0 bridgehead atoms. The van der Waals surface area contributed by atoms with Gasteiger partial charge in [-0.05, 0) is 60.8 Å². The van der Waals surface area contributed by atoms with Crippen LogP contribution in [-0.4, -0.2) is 177 Å². The molecule has 1 spiro atoms. The molecule has 0 aliphatic carbocycles. The number of likely N-dealkylation sites (tertiary alicyclic amines) is 1. The number of ether oxygens (including phenoxy) is 3. The van der Waals surface area contributed by atoms with Gasteiger partial charge in [0.25, 0.3) is 5.88 Å². The Balaban J connectivity index is 0.661. The van der Waals surface area contributed by atoms with Gasteiger partial charge >= 0.3 is 0 Å². The number of aromatic hydroxyl groups is 1. The van der Waals surface area contributed by atoms with Crippen molar-refractivity contribution in [2.75, 3.05) is 107 Å². The molecule has 396 valence electrons. The number of hydrogen-bond donors (Lipinski definition) is 4. The Hall–Kier alpha value is -6.98. The van der Waals surface area contributed by atoms with Gasteiger partial charge in [-0.1, -0.05) is 32.0 Å². The Morgan fingerprint density at radius 1 is 0.907 bits per heavy atom. The van der Waals surface area contributed by atoms with Crippen LogP contribution < -0.4 is 30.3 Å². The molecule has 4 atom stereocenters. The summed E-state index contributed by atoms with van der Waals surface area (Å²) in [5.74, 6) is 0.0952. The highest BCUT2D eigenvalue weighted by molar-refractivity contribution is 7.13. The van der Waals surface area contributed by atoms with E-state index in [4.69, 9.17) is 24.5 Å². The Kier molecular flexibility index (Phi) is 15.4. The zero-order valence-electron chi connectivity index (χ0n) is 42.7. The average molecular weight is 1040 g/mol. The number of phenolic OH excluding ortho intramolecular Hbond substituents is 1. The number of aromatic nitrogens is 6. The molecule has 4 fully saturated rings. The van der Waals surface area contributed by atoms with E-state index in [0.29, 0.717) is 74.8 Å². The number of β-amino-alcohol motifs (C(OH)–C–C–N with tert-alkyl or cyclic N) is 1. The number of aliphatic hydroxyl groups is 1. The highest BCUT2D eigenvalue weighted by Gasteiger charge is 2.49. The van der Waals surface area contributed by atoms with Crippen LogP contribution in [0.4, 0.5) is 17.2 Å². The number of thiazole rings is 1. The number of aliphatic hydroxyl groups excluding tert-OH is 1. The summed E-state index contributed by atoms with van der Waals surface area (Å²) in [5, 5.41) is 36.9. The number of phenols is 1. The summed E-state index contributed by atoms with van der Waals surface area (Å²) < 4.78 is 23.8. The molecular formula is C53H65N13O8S. The van der Waals surface area contributed by atoms with Crippen LogP contribution in [0.25, 0.3) is 21.8 Å². The number of piperazine rings is 2. The van der Waals surface area contributed by atoms with E-state index < -0.39 is 18.1 Å². The fraction of sp³-hybridized carbons (Fsp3) is 0.472. The lowest BCUT2D eigenvalue weighted by Crippen LogP contribution is -2.72. The molecule has 75 heavy (non-hydrogen) atoms. The third-order valence-electron chi connectivity index (χ3n) is 14.8. The first-order chi connectivity index (χ1) is 36.3. The van der Waals surface area contributed by atoms with Crippen molar-refractivity contribution in [1.82, 2.24) is 50.3 Å². The van der Waals surface area contributed by atoms with Gasteiger partial charge in [-0.25, -0.2) is 9.97 Å². The molecule has 9 heterocycles. The third kappa shape index (κ3) is 11.3. The van der Waals surface area contributed by atoms with Crippen LogP contribution in [0, 0.1) is 12.8 Å². The Labute approximate surface area is 439 Å². The van der Waals surface area contributed by atoms with E-state index in [9.17, 15) is 19.8 Å². The van der Waals surface area contributed by atoms with E-state index in [1.165, 1.54) is 16.2 Å². The zero-order valence-corrected chi connectivity index (χ0v) is 43.6. The summed E-state index contributed by atoms with van der Waals surface area (Å²) in [7, 11) is 0. The van der Waals surface area contributed by atoms with Gasteiger partial charge in [0, 0.05) is 108 Å². The van der Waals surface area contributed by atoms with Gasteiger partial charge in [-0.2, -0.15) is 0 Å². The Morgan fingerprint density at radius 3 is 2.35 bits per heavy atom. The molecule has 5 N–H and O–H groups in total. The second-order valence-corrected chi connectivity index (χ2v) is 21.1. The number of pyridine rings is 2. The minimum absolute atomic E-state index is 0.0359. The Bertz CT molecular complexity index is 2930. The second-order valence-electron chi connectivity index (χ2n) is 20.2. The van der Waals surface area contributed by atoms with Crippen LogP contribution in [0.3, 0.4) is 0 Å². The molecule has 4 saturated heterocycles. The highest BCUT2D eigenvalue weighted by Crippen LogP contribution is 2.39. The van der Waals surface area contributed by atoms with E-state index in [-0.39, 0.29) is 53.9 Å². The third-order valence-corrected chi connectivity index (χ3v) is 15.7. The first-order valence-corrected chi connectivity index (χ1v) is 26.5. The first kappa shape index (κ1) is 51.5. The molecule has 5 aromatic heterocycles. The van der Waals surface area contributed by atoms with E-state index in [1.807, 2.05) is 70.2 Å². The maximum Gasteiger partial charge on any atom is 0.254 e. The highest BCUT2D eigenvalue weighted by atomic mass is 32.1. The first-order valence-electron chi connectivity index (χ1n) is 25.6. The van der Waals surface area contributed by atoms with Crippen molar-refractivity contribution in [3.63, 3.8) is 0 Å². The van der Waals surface area contributed by atoms with Crippen molar-refractivity contribution in [1.29, 1.82) is 0 Å². The maximum absolute atomic E-state index is 14.2. The average Bonchev–Trinajstić information content (AvgIpc) is 4.16. The summed E-state index contributed by atoms with van der Waals surface area (Å²) in [6.45, 7) is 16.7. The van der Waals surface area contributed by atoms with Crippen molar-refractivity contribution in [3.8, 4) is 39.3 Å². The summed E-state index contributed by atoms with van der Waals surface area (Å²) in [4.78, 5) is 53.2. The molecule has 4 aliphatic heterocycles. The van der Waals surface area contributed by atoms with Crippen LogP contribution in [0.5, 0.6) is 17.5 Å². The molecule has 10 rings (SSSR count). The number of benzene rings is 1. The van der Waals surface area contributed by atoms with Crippen molar-refractivity contribution < 1.29 is 38.5 Å². The van der Waals surface area contributed by atoms with Crippen LogP contribution in [0.15, 0.2) is 83.1 Å². The summed E-state index contributed by atoms with van der Waals surface area (Å²) >= 11 is 1.53. The molecule has 21 nitrogen and oxygen atoms in total. The lowest BCUT2D eigenvalue weighted by Gasteiger charge is -2.56. The fourth-order valence-electron chi connectivity index (χ4n) is 10.5. The number of anilines is 3. The monoisotopic (exact) mass is 1040 g/mol. The zero-order chi connectivity index (χ0) is 52.2. The van der Waals surface area contributed by atoms with Crippen LogP contribution in [0.2, 0.25) is 0 Å². The molecule has 4 aliphatic rings. The van der Waals surface area contributed by atoms with Crippen LogP contribution in [0.1, 0.15) is 56.2 Å². The predicted octanol–water partition coefficient (Wildman–Crippen LogP) is 4.39. The minimum Gasteiger partial charge on any atom is -0.507 e. The second kappa shape index (κ2) is 22.5. The van der Waals surface area contributed by atoms with Gasteiger partial charge in [0.1, 0.15) is 36.5 Å². The van der Waals surface area contributed by atoms with Crippen molar-refractivity contribution in [2.45, 2.75) is 63.8 Å². The molecular weight excluding hydrogens is 979 g/mol. The Morgan fingerprint density at radius 2 is 1.67 bits per heavy atom. The number of hydrogen-bond acceptors (Lipinski definition) is 20. The van der Waals surface area contributed by atoms with Gasteiger partial charge in [-0.3, -0.25) is 24.4 Å². The smallest absolute Gasteiger partial charge is 0.254 e. The molecule has 2 amide bonds. The number of amides is 2. The van der Waals surface area contributed by atoms with Crippen LogP contribution >= 0.6 is 11.3 Å². The molecule has 1 aromatic carbocycles. The number of nitrogens with one attached hydrogen (secondary N) is 1. The van der Waals surface area contributed by atoms with Crippen LogP contribution in [-0.2, 0) is 14.3 Å². The van der Waals surface area contributed by atoms with Gasteiger partial charge in [-0.15, -0.1) is 21.5 Å². The summed E-state index contributed by atoms with van der Waals surface area (Å²) in [6.07, 6.45) is 2.82. The molecule has 0 saturated carbocycles. The molecule has 0 radical (unpaired) electrons. The van der Waals surface area contributed by atoms with Gasteiger partial charge in [0.2, 0.25) is 17.7 Å². The topological polar surface area (TPSA) is 247 Å². The number of nitrogens with two attached hydrogens (primary N) is 1. The summed E-state index contributed by atoms with van der Waals surface area (Å²) in [5.41, 5.74) is 13.4. The fourth-order valence-corrected chi connectivity index (χ4v) is 11.3. The van der Waals surface area contributed by atoms with E-state index >= 15 is 0 Å². The van der Waals surface area contributed by atoms with Crippen molar-refractivity contribution in [3.05, 3.63) is 95.6 Å². The van der Waals surface area contributed by atoms with Gasteiger partial charge in [0.05, 0.1) is 58.5 Å². The number of carbonyl (C=O) groups excluding carboxylic acids is 2. The summed E-state index contributed by atoms with van der Waals surface area (Å²) in [6, 6.07) is 17.3. The SMILES string of the molecule is Cc1ncsc1-c1ccc([C@H](C)NC(=O)[C@@H]2C[C@@H](O)CN2C(=O)[C@H](c2cc(OCCN3CCN(CCOc4cc(N5CCN(c6cc(-c7ccccc7O)nnc6N)CC56COC6)ccn4)CC3)no2)C(C)C)cn1. The van der Waals surface area contributed by atoms with Crippen molar-refractivity contribution in [2.24, 2.45) is 5.92 Å². The predicted molar refractivity (Wildman–Crippen MR) is 282 cm³/mol. The quantitative estimate of drug-likeness (QED) is 0.0932. The number of nitrogens with zero attached hydrogens (tertiary/aromatic N) is 11. The number of rotatable bonds is 18. The van der Waals surface area contributed by atoms with E-state index in [2.05, 4.69) is 55.2 Å². The van der Waals surface area contributed by atoms with Gasteiger partial charge in [0.15, 0.2) is 11.6 Å². The minimum atomic E-state index is -0.855. The molecule has 0 unspecified atom stereocenters. The lowest BCUT2D eigenvalue weighted by molar-refractivity contribution is -0.141.